The summed E-state index contributed by atoms with van der Waals surface area (Å²) in [6.45, 7) is 4.11. The van der Waals surface area contributed by atoms with Gasteiger partial charge in [-0.15, -0.1) is 0 Å². The van der Waals surface area contributed by atoms with Crippen LogP contribution in [0.25, 0.3) is 0 Å². The maximum atomic E-state index is 5.80. The van der Waals surface area contributed by atoms with Crippen LogP contribution in [-0.4, -0.2) is 10.8 Å². The van der Waals surface area contributed by atoms with Gasteiger partial charge in [-0.05, 0) is 19.4 Å². The number of hydrogen-bond donors (Lipinski definition) is 2. The molecule has 0 bridgehead atoms. The lowest BCUT2D eigenvalue weighted by Gasteiger charge is -1.96. The quantitative estimate of drug-likeness (QED) is 0.557. The van der Waals surface area contributed by atoms with Crippen molar-refractivity contribution in [1.82, 2.24) is 4.98 Å². The summed E-state index contributed by atoms with van der Waals surface area (Å²) in [5.41, 5.74) is 7.83. The molecule has 76 valence electrons. The molecule has 0 aliphatic carbocycles. The number of aromatic nitrogens is 1. The zero-order chi connectivity index (χ0) is 10.4. The van der Waals surface area contributed by atoms with Crippen molar-refractivity contribution >= 4 is 5.84 Å². The van der Waals surface area contributed by atoms with E-state index in [-0.39, 0.29) is 0 Å². The van der Waals surface area contributed by atoms with E-state index in [0.29, 0.717) is 5.84 Å². The number of allylic oxidation sites excluding steroid dienone is 1. The van der Waals surface area contributed by atoms with Crippen LogP contribution in [0.3, 0.4) is 0 Å². The smallest absolute Gasteiger partial charge is 0.132 e. The first kappa shape index (κ1) is 10.6. The predicted molar refractivity (Wildman–Crippen MR) is 60.3 cm³/mol. The molecule has 0 aliphatic heterocycles. The highest BCUT2D eigenvalue weighted by Crippen LogP contribution is 2.04. The second kappa shape index (κ2) is 5.27. The number of nitrogens with zero attached hydrogens (tertiary/aromatic N) is 1. The van der Waals surface area contributed by atoms with Crippen molar-refractivity contribution in [3.8, 4) is 0 Å². The summed E-state index contributed by atoms with van der Waals surface area (Å²) in [5, 5.41) is 0. The number of H-pyrrole nitrogens is 1. The molecule has 0 fully saturated rings. The van der Waals surface area contributed by atoms with Crippen molar-refractivity contribution in [2.75, 3.05) is 0 Å². The predicted octanol–water partition coefficient (Wildman–Crippen LogP) is 2.34. The lowest BCUT2D eigenvalue weighted by Crippen LogP contribution is -2.12. The Kier molecular flexibility index (Phi) is 3.98. The number of nitrogens with one attached hydrogen (secondary N) is 1. The van der Waals surface area contributed by atoms with E-state index < -0.39 is 0 Å². The van der Waals surface area contributed by atoms with E-state index in [2.05, 4.69) is 16.9 Å². The Balaban J connectivity index is 2.65. The molecule has 0 amide bonds. The van der Waals surface area contributed by atoms with E-state index in [0.717, 1.165) is 24.1 Å². The van der Waals surface area contributed by atoms with Gasteiger partial charge in [0.25, 0.3) is 0 Å². The summed E-state index contributed by atoms with van der Waals surface area (Å²) in [4.78, 5) is 7.23. The van der Waals surface area contributed by atoms with Crippen LogP contribution in [0.4, 0.5) is 0 Å². The number of unbranched alkanes of at least 4 members (excludes halogenated alkanes) is 1. The second-order valence-electron chi connectivity index (χ2n) is 3.20. The van der Waals surface area contributed by atoms with Crippen LogP contribution in [-0.2, 0) is 0 Å². The molecule has 1 heterocycles. The molecular weight excluding hydrogens is 174 g/mol. The first-order valence-electron chi connectivity index (χ1n) is 4.88. The van der Waals surface area contributed by atoms with Gasteiger partial charge < -0.3 is 10.7 Å². The maximum absolute atomic E-state index is 5.80. The summed E-state index contributed by atoms with van der Waals surface area (Å²) >= 11 is 0. The fourth-order valence-corrected chi connectivity index (χ4v) is 1.17. The minimum atomic E-state index is 0.566. The summed E-state index contributed by atoms with van der Waals surface area (Å²) in [6, 6.07) is 1.93. The van der Waals surface area contributed by atoms with Crippen LogP contribution in [0.5, 0.6) is 0 Å². The fourth-order valence-electron chi connectivity index (χ4n) is 1.17. The van der Waals surface area contributed by atoms with Gasteiger partial charge in [0.15, 0.2) is 0 Å². The van der Waals surface area contributed by atoms with Crippen molar-refractivity contribution in [1.29, 1.82) is 0 Å². The summed E-state index contributed by atoms with van der Waals surface area (Å²) in [5.74, 6) is 0.566. The van der Waals surface area contributed by atoms with E-state index in [1.165, 1.54) is 0 Å². The highest BCUT2D eigenvalue weighted by Gasteiger charge is 2.01. The molecule has 1 aromatic heterocycles. The first-order valence-corrected chi connectivity index (χ1v) is 4.88. The molecular formula is C11H17N3. The lowest BCUT2D eigenvalue weighted by atomic mass is 10.2. The van der Waals surface area contributed by atoms with E-state index in [9.17, 15) is 0 Å². The van der Waals surface area contributed by atoms with Gasteiger partial charge >= 0.3 is 0 Å². The van der Waals surface area contributed by atoms with Crippen molar-refractivity contribution in [3.05, 3.63) is 35.8 Å². The number of amidine groups is 1. The van der Waals surface area contributed by atoms with Crippen molar-refractivity contribution in [3.63, 3.8) is 0 Å². The molecule has 0 unspecified atom stereocenters. The van der Waals surface area contributed by atoms with E-state index in [1.54, 1.807) is 6.20 Å². The molecule has 1 rings (SSSR count). The number of nitrogens with two attached hydrogens (primary N) is 1. The Morgan fingerprint density at radius 2 is 2.43 bits per heavy atom. The molecule has 3 N–H and O–H groups in total. The average molecular weight is 191 g/mol. The largest absolute Gasteiger partial charge is 0.383 e. The first-order chi connectivity index (χ1) is 6.75. The van der Waals surface area contributed by atoms with Crippen LogP contribution in [0.15, 0.2) is 29.5 Å². The fraction of sp³-hybridized carbons (Fsp3) is 0.364. The summed E-state index contributed by atoms with van der Waals surface area (Å²) in [7, 11) is 0. The van der Waals surface area contributed by atoms with E-state index in [1.807, 2.05) is 25.3 Å². The zero-order valence-electron chi connectivity index (χ0n) is 8.75. The second-order valence-corrected chi connectivity index (χ2v) is 3.20. The van der Waals surface area contributed by atoms with Gasteiger partial charge in [-0.3, -0.25) is 0 Å². The Labute approximate surface area is 84.7 Å². The van der Waals surface area contributed by atoms with Gasteiger partial charge in [-0.2, -0.15) is 0 Å². The van der Waals surface area contributed by atoms with E-state index >= 15 is 0 Å². The molecule has 0 radical (unpaired) electrons. The summed E-state index contributed by atoms with van der Waals surface area (Å²) in [6.07, 6.45) is 7.83. The van der Waals surface area contributed by atoms with Crippen molar-refractivity contribution < 1.29 is 0 Å². The Bertz CT molecular complexity index is 334. The average Bonchev–Trinajstić information content (AvgIpc) is 2.59. The Hall–Kier alpha value is -1.51. The SMILES string of the molecule is CCC/C=C/N=C(/N)c1cc[nH]c1C. The minimum Gasteiger partial charge on any atom is -0.383 e. The topological polar surface area (TPSA) is 54.2 Å². The van der Waals surface area contributed by atoms with Gasteiger partial charge in [0, 0.05) is 23.7 Å². The van der Waals surface area contributed by atoms with Crippen LogP contribution < -0.4 is 5.73 Å². The summed E-state index contributed by atoms with van der Waals surface area (Å²) < 4.78 is 0. The van der Waals surface area contributed by atoms with E-state index in [4.69, 9.17) is 5.73 Å². The Morgan fingerprint density at radius 1 is 1.64 bits per heavy atom. The van der Waals surface area contributed by atoms with Gasteiger partial charge in [-0.25, -0.2) is 4.99 Å². The number of aliphatic imine (C=N–C) groups is 1. The molecule has 14 heavy (non-hydrogen) atoms. The molecule has 0 aliphatic rings. The molecule has 3 nitrogen and oxygen atoms in total. The number of aromatic amines is 1. The normalized spacial score (nSPS) is 12.6. The molecule has 0 saturated carbocycles. The van der Waals surface area contributed by atoms with Gasteiger partial charge in [0.1, 0.15) is 5.84 Å². The number of rotatable bonds is 4. The van der Waals surface area contributed by atoms with Gasteiger partial charge in [0.05, 0.1) is 0 Å². The minimum absolute atomic E-state index is 0.566. The van der Waals surface area contributed by atoms with Crippen molar-refractivity contribution in [2.24, 2.45) is 10.7 Å². The lowest BCUT2D eigenvalue weighted by molar-refractivity contribution is 0.956. The van der Waals surface area contributed by atoms with Crippen LogP contribution in [0.2, 0.25) is 0 Å². The third kappa shape index (κ3) is 2.76. The highest BCUT2D eigenvalue weighted by atomic mass is 14.8. The molecule has 0 aromatic carbocycles. The maximum Gasteiger partial charge on any atom is 0.132 e. The van der Waals surface area contributed by atoms with Crippen LogP contribution in [0, 0.1) is 6.92 Å². The van der Waals surface area contributed by atoms with Crippen LogP contribution >= 0.6 is 0 Å². The monoisotopic (exact) mass is 191 g/mol. The number of aryl methyl sites for hydroxylation is 1. The van der Waals surface area contributed by atoms with Gasteiger partial charge in [-0.1, -0.05) is 19.4 Å². The third-order valence-corrected chi connectivity index (χ3v) is 2.00. The van der Waals surface area contributed by atoms with Gasteiger partial charge in [0.2, 0.25) is 0 Å². The van der Waals surface area contributed by atoms with Crippen LogP contribution in [0.1, 0.15) is 31.0 Å². The third-order valence-electron chi connectivity index (χ3n) is 2.00. The number of hydrogen-bond acceptors (Lipinski definition) is 1. The standard InChI is InChI=1S/C11H17N3/c1-3-4-5-7-14-11(12)10-6-8-13-9(10)2/h5-8,13H,3-4H2,1-2H3,(H2,12,14)/b7-5+. The molecule has 0 spiro atoms. The highest BCUT2D eigenvalue weighted by molar-refractivity contribution is 5.98. The van der Waals surface area contributed by atoms with Crippen molar-refractivity contribution in [2.45, 2.75) is 26.7 Å². The molecule has 3 heteroatoms. The zero-order valence-corrected chi connectivity index (χ0v) is 8.75. The Morgan fingerprint density at radius 3 is 3.00 bits per heavy atom. The molecule has 1 aromatic rings. The molecule has 0 saturated heterocycles. The molecule has 0 atom stereocenters.